The Kier molecular flexibility index (Phi) is 10.1. The van der Waals surface area contributed by atoms with Crippen molar-refractivity contribution in [3.8, 4) is 0 Å². The molecule has 5 heteroatoms. The molecule has 0 atom stereocenters. The molecule has 0 saturated carbocycles. The quantitative estimate of drug-likeness (QED) is 0.199. The molecule has 184 valence electrons. The van der Waals surface area contributed by atoms with E-state index < -0.39 is 17.4 Å². The van der Waals surface area contributed by atoms with Gasteiger partial charge in [-0.2, -0.15) is 0 Å². The van der Waals surface area contributed by atoms with Gasteiger partial charge in [0.1, 0.15) is 13.2 Å². The van der Waals surface area contributed by atoms with Gasteiger partial charge in [0.2, 0.25) is 0 Å². The molecule has 2 aromatic carbocycles. The average molecular weight is 475 g/mol. The molecule has 35 heavy (non-hydrogen) atoms. The first kappa shape index (κ1) is 26.2. The van der Waals surface area contributed by atoms with Crippen LogP contribution in [0.15, 0.2) is 96.6 Å². The zero-order valence-corrected chi connectivity index (χ0v) is 20.4. The number of carbonyl (C=O) groups is 2. The molecule has 0 saturated heterocycles. The highest BCUT2D eigenvalue weighted by Crippen LogP contribution is 2.45. The van der Waals surface area contributed by atoms with E-state index in [1.54, 1.807) is 6.08 Å². The number of allylic oxidation sites excluding steroid dienone is 4. The number of ether oxygens (including phenoxy) is 3. The van der Waals surface area contributed by atoms with Gasteiger partial charge in [-0.05, 0) is 41.5 Å². The van der Waals surface area contributed by atoms with Gasteiger partial charge < -0.3 is 14.2 Å². The molecule has 0 amide bonds. The van der Waals surface area contributed by atoms with Gasteiger partial charge in [0, 0.05) is 6.61 Å². The molecule has 0 bridgehead atoms. The van der Waals surface area contributed by atoms with Crippen molar-refractivity contribution in [2.45, 2.75) is 45.8 Å². The van der Waals surface area contributed by atoms with E-state index in [2.05, 4.69) is 13.5 Å². The summed E-state index contributed by atoms with van der Waals surface area (Å²) < 4.78 is 16.9. The SMILES string of the molecule is C=CC1=C(/C=C/COCCCC)CC(C(=O)OCc2ccccc2)(C(=O)OCc2ccccc2)C1. The Morgan fingerprint density at radius 2 is 1.43 bits per heavy atom. The molecular weight excluding hydrogens is 440 g/mol. The summed E-state index contributed by atoms with van der Waals surface area (Å²) in [6.07, 6.45) is 8.00. The van der Waals surface area contributed by atoms with Gasteiger partial charge in [-0.3, -0.25) is 9.59 Å². The van der Waals surface area contributed by atoms with E-state index in [0.717, 1.165) is 35.1 Å². The lowest BCUT2D eigenvalue weighted by molar-refractivity contribution is -0.173. The van der Waals surface area contributed by atoms with Crippen molar-refractivity contribution in [3.05, 3.63) is 108 Å². The molecule has 0 heterocycles. The summed E-state index contributed by atoms with van der Waals surface area (Å²) in [5, 5.41) is 0. The Bertz CT molecular complexity index is 981. The van der Waals surface area contributed by atoms with Gasteiger partial charge in [-0.25, -0.2) is 0 Å². The highest BCUT2D eigenvalue weighted by molar-refractivity contribution is 6.01. The van der Waals surface area contributed by atoms with E-state index in [-0.39, 0.29) is 26.1 Å². The van der Waals surface area contributed by atoms with Crippen molar-refractivity contribution in [2.75, 3.05) is 13.2 Å². The standard InChI is InChI=1S/C30H34O5/c1-3-5-18-33-19-12-17-27-21-30(20-26(27)4-2,28(31)34-22-24-13-8-6-9-14-24)29(32)35-23-25-15-10-7-11-16-25/h4,6-17H,2-3,5,18-23H2,1H3/b17-12+. The highest BCUT2D eigenvalue weighted by atomic mass is 16.6. The minimum Gasteiger partial charge on any atom is -0.460 e. The predicted octanol–water partition coefficient (Wildman–Crippen LogP) is 6.11. The Hall–Kier alpha value is -3.44. The monoisotopic (exact) mass is 474 g/mol. The number of benzene rings is 2. The molecule has 1 aliphatic rings. The summed E-state index contributed by atoms with van der Waals surface area (Å²) in [6, 6.07) is 18.8. The Balaban J connectivity index is 1.75. The molecule has 0 aliphatic heterocycles. The van der Waals surface area contributed by atoms with E-state index >= 15 is 0 Å². The largest absolute Gasteiger partial charge is 0.460 e. The van der Waals surface area contributed by atoms with Gasteiger partial charge >= 0.3 is 11.9 Å². The molecular formula is C30H34O5. The van der Waals surface area contributed by atoms with Crippen LogP contribution in [-0.2, 0) is 37.0 Å². The molecule has 0 fully saturated rings. The van der Waals surface area contributed by atoms with Gasteiger partial charge in [0.25, 0.3) is 0 Å². The fourth-order valence-electron chi connectivity index (χ4n) is 3.99. The Labute approximate surface area is 208 Å². The average Bonchev–Trinajstić information content (AvgIpc) is 3.29. The maximum Gasteiger partial charge on any atom is 0.324 e. The summed E-state index contributed by atoms with van der Waals surface area (Å²) in [4.78, 5) is 26.8. The van der Waals surface area contributed by atoms with Crippen LogP contribution in [0.25, 0.3) is 0 Å². The lowest BCUT2D eigenvalue weighted by atomic mass is 9.83. The van der Waals surface area contributed by atoms with E-state index in [9.17, 15) is 9.59 Å². The maximum atomic E-state index is 13.4. The van der Waals surface area contributed by atoms with E-state index in [4.69, 9.17) is 14.2 Å². The second-order valence-electron chi connectivity index (χ2n) is 8.64. The topological polar surface area (TPSA) is 61.8 Å². The summed E-state index contributed by atoms with van der Waals surface area (Å²) in [6.45, 7) is 7.38. The molecule has 0 unspecified atom stereocenters. The molecule has 5 nitrogen and oxygen atoms in total. The summed E-state index contributed by atoms with van der Waals surface area (Å²) in [7, 11) is 0. The fraction of sp³-hybridized carbons (Fsp3) is 0.333. The van der Waals surface area contributed by atoms with Crippen LogP contribution >= 0.6 is 0 Å². The van der Waals surface area contributed by atoms with Crippen molar-refractivity contribution in [2.24, 2.45) is 5.41 Å². The van der Waals surface area contributed by atoms with Gasteiger partial charge in [-0.15, -0.1) is 0 Å². The third-order valence-corrected chi connectivity index (χ3v) is 6.03. The summed E-state index contributed by atoms with van der Waals surface area (Å²) in [5.41, 5.74) is 1.96. The third-order valence-electron chi connectivity index (χ3n) is 6.03. The van der Waals surface area contributed by atoms with Crippen LogP contribution < -0.4 is 0 Å². The zero-order chi connectivity index (χ0) is 24.9. The lowest BCUT2D eigenvalue weighted by Gasteiger charge is -2.25. The minimum atomic E-state index is -1.45. The molecule has 0 spiro atoms. The number of rotatable bonds is 13. The normalized spacial score (nSPS) is 14.8. The van der Waals surface area contributed by atoms with Crippen LogP contribution in [0.2, 0.25) is 0 Å². The van der Waals surface area contributed by atoms with Gasteiger partial charge in [-0.1, -0.05) is 98.8 Å². The van der Waals surface area contributed by atoms with Crippen LogP contribution in [0.3, 0.4) is 0 Å². The smallest absolute Gasteiger partial charge is 0.324 e. The molecule has 0 aromatic heterocycles. The van der Waals surface area contributed by atoms with Crippen LogP contribution in [-0.4, -0.2) is 25.2 Å². The van der Waals surface area contributed by atoms with E-state index in [1.807, 2.05) is 72.8 Å². The number of carbonyl (C=O) groups excluding carboxylic acids is 2. The lowest BCUT2D eigenvalue weighted by Crippen LogP contribution is -2.40. The summed E-state index contributed by atoms with van der Waals surface area (Å²) in [5.74, 6) is -1.16. The first-order chi connectivity index (χ1) is 17.1. The zero-order valence-electron chi connectivity index (χ0n) is 20.4. The molecule has 0 radical (unpaired) electrons. The van der Waals surface area contributed by atoms with E-state index in [1.165, 1.54) is 0 Å². The second kappa shape index (κ2) is 13.4. The van der Waals surface area contributed by atoms with Crippen molar-refractivity contribution in [1.82, 2.24) is 0 Å². The molecule has 0 N–H and O–H groups in total. The second-order valence-corrected chi connectivity index (χ2v) is 8.64. The van der Waals surface area contributed by atoms with Crippen molar-refractivity contribution in [1.29, 1.82) is 0 Å². The highest BCUT2D eigenvalue weighted by Gasteiger charge is 2.53. The van der Waals surface area contributed by atoms with Crippen LogP contribution in [0.5, 0.6) is 0 Å². The number of hydrogen-bond donors (Lipinski definition) is 0. The Morgan fingerprint density at radius 1 is 0.886 bits per heavy atom. The third kappa shape index (κ3) is 7.27. The van der Waals surface area contributed by atoms with Gasteiger partial charge in [0.05, 0.1) is 6.61 Å². The first-order valence-corrected chi connectivity index (χ1v) is 12.1. The van der Waals surface area contributed by atoms with Crippen molar-refractivity contribution >= 4 is 11.9 Å². The van der Waals surface area contributed by atoms with Crippen LogP contribution in [0.1, 0.15) is 43.7 Å². The van der Waals surface area contributed by atoms with Gasteiger partial charge in [0.15, 0.2) is 5.41 Å². The van der Waals surface area contributed by atoms with Crippen molar-refractivity contribution in [3.63, 3.8) is 0 Å². The maximum absolute atomic E-state index is 13.4. The number of unbranched alkanes of at least 4 members (excludes halogenated alkanes) is 1. The van der Waals surface area contributed by atoms with Crippen LogP contribution in [0.4, 0.5) is 0 Å². The predicted molar refractivity (Wildman–Crippen MR) is 136 cm³/mol. The molecule has 1 aliphatic carbocycles. The summed E-state index contributed by atoms with van der Waals surface area (Å²) >= 11 is 0. The molecule has 3 rings (SSSR count). The first-order valence-electron chi connectivity index (χ1n) is 12.1. The molecule has 2 aromatic rings. The van der Waals surface area contributed by atoms with E-state index in [0.29, 0.717) is 13.2 Å². The minimum absolute atomic E-state index is 0.0905. The number of esters is 2. The van der Waals surface area contributed by atoms with Crippen molar-refractivity contribution < 1.29 is 23.8 Å². The fourth-order valence-corrected chi connectivity index (χ4v) is 3.99. The Morgan fingerprint density at radius 3 is 1.94 bits per heavy atom. The van der Waals surface area contributed by atoms with Crippen LogP contribution in [0, 0.1) is 5.41 Å². The number of hydrogen-bond acceptors (Lipinski definition) is 5.